The minimum atomic E-state index is -0.666. The molecule has 3 nitrogen and oxygen atoms in total. The molecule has 5 heteroatoms. The zero-order valence-electron chi connectivity index (χ0n) is 11.4. The van der Waals surface area contributed by atoms with Crippen molar-refractivity contribution in [1.82, 2.24) is 5.32 Å². The van der Waals surface area contributed by atoms with Crippen LogP contribution >= 0.6 is 0 Å². The summed E-state index contributed by atoms with van der Waals surface area (Å²) in [6.45, 7) is 5.51. The third-order valence-corrected chi connectivity index (χ3v) is 3.08. The summed E-state index contributed by atoms with van der Waals surface area (Å²) in [6, 6.07) is 2.55. The summed E-state index contributed by atoms with van der Waals surface area (Å²) in [5, 5.41) is 2.66. The molecular formula is C14H20F2N2O. The van der Waals surface area contributed by atoms with Crippen LogP contribution in [-0.4, -0.2) is 11.9 Å². The molecular weight excluding hydrogens is 250 g/mol. The highest BCUT2D eigenvalue weighted by molar-refractivity contribution is 5.77. The van der Waals surface area contributed by atoms with Crippen molar-refractivity contribution in [2.45, 2.75) is 39.3 Å². The van der Waals surface area contributed by atoms with E-state index in [0.29, 0.717) is 0 Å². The smallest absolute Gasteiger partial charge is 0.222 e. The molecule has 0 bridgehead atoms. The lowest BCUT2D eigenvalue weighted by Crippen LogP contribution is -2.36. The van der Waals surface area contributed by atoms with Gasteiger partial charge in [-0.1, -0.05) is 19.9 Å². The first-order valence-corrected chi connectivity index (χ1v) is 6.31. The summed E-state index contributed by atoms with van der Waals surface area (Å²) in [4.78, 5) is 11.7. The zero-order valence-corrected chi connectivity index (χ0v) is 11.4. The van der Waals surface area contributed by atoms with E-state index < -0.39 is 17.7 Å². The van der Waals surface area contributed by atoms with Gasteiger partial charge < -0.3 is 11.1 Å². The molecule has 0 saturated carbocycles. The van der Waals surface area contributed by atoms with Crippen LogP contribution < -0.4 is 11.1 Å². The van der Waals surface area contributed by atoms with Gasteiger partial charge in [0.1, 0.15) is 11.6 Å². The maximum absolute atomic E-state index is 13.5. The Bertz CT molecular complexity index is 449. The number of halogens is 2. The Kier molecular flexibility index (Phi) is 5.42. The predicted octanol–water partition coefficient (Wildman–Crippen LogP) is 2.52. The van der Waals surface area contributed by atoms with Crippen molar-refractivity contribution in [2.24, 2.45) is 11.7 Å². The molecule has 0 aliphatic carbocycles. The van der Waals surface area contributed by atoms with E-state index in [4.69, 9.17) is 5.73 Å². The van der Waals surface area contributed by atoms with E-state index in [0.717, 1.165) is 6.07 Å². The molecule has 1 amide bonds. The van der Waals surface area contributed by atoms with E-state index in [-0.39, 0.29) is 29.9 Å². The molecule has 19 heavy (non-hydrogen) atoms. The van der Waals surface area contributed by atoms with Crippen molar-refractivity contribution in [2.75, 3.05) is 0 Å². The molecule has 0 fully saturated rings. The Labute approximate surface area is 112 Å². The first-order valence-electron chi connectivity index (χ1n) is 6.31. The largest absolute Gasteiger partial charge is 0.349 e. The van der Waals surface area contributed by atoms with Gasteiger partial charge in [-0.15, -0.1) is 0 Å². The van der Waals surface area contributed by atoms with Crippen LogP contribution in [0.25, 0.3) is 0 Å². The van der Waals surface area contributed by atoms with Crippen LogP contribution in [0.15, 0.2) is 18.2 Å². The first kappa shape index (κ1) is 15.6. The second-order valence-electron chi connectivity index (χ2n) is 5.07. The lowest BCUT2D eigenvalue weighted by atomic mass is 10.0. The van der Waals surface area contributed by atoms with Gasteiger partial charge in [0, 0.05) is 24.1 Å². The van der Waals surface area contributed by atoms with Crippen molar-refractivity contribution < 1.29 is 13.6 Å². The van der Waals surface area contributed by atoms with E-state index in [2.05, 4.69) is 5.32 Å². The molecule has 1 rings (SSSR count). The second-order valence-corrected chi connectivity index (χ2v) is 5.07. The van der Waals surface area contributed by atoms with E-state index >= 15 is 0 Å². The Hall–Kier alpha value is -1.49. The summed E-state index contributed by atoms with van der Waals surface area (Å²) >= 11 is 0. The second kappa shape index (κ2) is 6.61. The first-order chi connectivity index (χ1) is 8.81. The van der Waals surface area contributed by atoms with Crippen LogP contribution in [0.2, 0.25) is 0 Å². The molecule has 0 radical (unpaired) electrons. The Morgan fingerprint density at radius 2 is 1.95 bits per heavy atom. The van der Waals surface area contributed by atoms with Gasteiger partial charge in [-0.3, -0.25) is 4.79 Å². The average Bonchev–Trinajstić information content (AvgIpc) is 2.27. The fraction of sp³-hybridized carbons (Fsp3) is 0.500. The number of carbonyl (C=O) groups excluding carboxylic acids is 1. The molecule has 0 spiro atoms. The van der Waals surface area contributed by atoms with Gasteiger partial charge in [-0.25, -0.2) is 8.78 Å². The topological polar surface area (TPSA) is 55.1 Å². The normalized spacial score (nSPS) is 14.3. The molecule has 106 valence electrons. The maximum Gasteiger partial charge on any atom is 0.222 e. The van der Waals surface area contributed by atoms with Crippen molar-refractivity contribution in [3.8, 4) is 0 Å². The van der Waals surface area contributed by atoms with Crippen LogP contribution in [0.3, 0.4) is 0 Å². The molecule has 1 aromatic carbocycles. The summed E-state index contributed by atoms with van der Waals surface area (Å²) < 4.78 is 26.3. The van der Waals surface area contributed by atoms with E-state index in [1.54, 1.807) is 6.92 Å². The number of nitrogens with two attached hydrogens (primary N) is 1. The Morgan fingerprint density at radius 3 is 2.47 bits per heavy atom. The summed E-state index contributed by atoms with van der Waals surface area (Å²) in [5.41, 5.74) is 6.05. The molecule has 3 N–H and O–H groups in total. The van der Waals surface area contributed by atoms with Crippen LogP contribution in [0.5, 0.6) is 0 Å². The predicted molar refractivity (Wildman–Crippen MR) is 70.3 cm³/mol. The number of nitrogens with one attached hydrogen (secondary N) is 1. The number of amides is 1. The van der Waals surface area contributed by atoms with Crippen LogP contribution in [0, 0.1) is 17.6 Å². The third-order valence-electron chi connectivity index (χ3n) is 3.08. The molecule has 0 aromatic heterocycles. The SMILES string of the molecule is CC(NC(=O)CC(N)C(C)C)c1ccc(F)cc1F. The quantitative estimate of drug-likeness (QED) is 0.863. The number of benzene rings is 1. The standard InChI is InChI=1S/C14H20F2N2O/c1-8(2)13(17)7-14(19)18-9(3)11-5-4-10(15)6-12(11)16/h4-6,8-9,13H,7,17H2,1-3H3,(H,18,19). The summed E-state index contributed by atoms with van der Waals surface area (Å²) in [6.07, 6.45) is 0.185. The highest BCUT2D eigenvalue weighted by Crippen LogP contribution is 2.18. The van der Waals surface area contributed by atoms with Gasteiger partial charge in [0.25, 0.3) is 0 Å². The van der Waals surface area contributed by atoms with Gasteiger partial charge in [0.2, 0.25) is 5.91 Å². The molecule has 0 heterocycles. The molecule has 0 saturated heterocycles. The van der Waals surface area contributed by atoms with Crippen LogP contribution in [-0.2, 0) is 4.79 Å². The lowest BCUT2D eigenvalue weighted by Gasteiger charge is -2.19. The molecule has 1 aromatic rings. The number of hydrogen-bond donors (Lipinski definition) is 2. The van der Waals surface area contributed by atoms with Crippen molar-refractivity contribution in [3.05, 3.63) is 35.4 Å². The van der Waals surface area contributed by atoms with Crippen molar-refractivity contribution in [1.29, 1.82) is 0 Å². The average molecular weight is 270 g/mol. The maximum atomic E-state index is 13.5. The van der Waals surface area contributed by atoms with E-state index in [1.807, 2.05) is 13.8 Å². The molecule has 0 aliphatic heterocycles. The summed E-state index contributed by atoms with van der Waals surface area (Å²) in [5.74, 6) is -1.34. The number of rotatable bonds is 5. The number of carbonyl (C=O) groups is 1. The van der Waals surface area contributed by atoms with Crippen LogP contribution in [0.4, 0.5) is 8.78 Å². The Balaban J connectivity index is 2.64. The van der Waals surface area contributed by atoms with Gasteiger partial charge in [0.15, 0.2) is 0 Å². The Morgan fingerprint density at radius 1 is 1.32 bits per heavy atom. The van der Waals surface area contributed by atoms with E-state index in [1.165, 1.54) is 12.1 Å². The highest BCUT2D eigenvalue weighted by Gasteiger charge is 2.17. The highest BCUT2D eigenvalue weighted by atomic mass is 19.1. The van der Waals surface area contributed by atoms with Gasteiger partial charge in [-0.2, -0.15) is 0 Å². The van der Waals surface area contributed by atoms with Crippen molar-refractivity contribution in [3.63, 3.8) is 0 Å². The van der Waals surface area contributed by atoms with Gasteiger partial charge in [0.05, 0.1) is 6.04 Å². The third kappa shape index (κ3) is 4.59. The minimum absolute atomic E-state index is 0.185. The monoisotopic (exact) mass is 270 g/mol. The minimum Gasteiger partial charge on any atom is -0.349 e. The number of hydrogen-bond acceptors (Lipinski definition) is 2. The summed E-state index contributed by atoms with van der Waals surface area (Å²) in [7, 11) is 0. The van der Waals surface area contributed by atoms with E-state index in [9.17, 15) is 13.6 Å². The lowest BCUT2D eigenvalue weighted by molar-refractivity contribution is -0.122. The molecule has 2 unspecified atom stereocenters. The van der Waals surface area contributed by atoms with Crippen molar-refractivity contribution >= 4 is 5.91 Å². The van der Waals surface area contributed by atoms with Gasteiger partial charge >= 0.3 is 0 Å². The van der Waals surface area contributed by atoms with Gasteiger partial charge in [-0.05, 0) is 18.9 Å². The van der Waals surface area contributed by atoms with Crippen LogP contribution in [0.1, 0.15) is 38.8 Å². The molecule has 0 aliphatic rings. The fourth-order valence-corrected chi connectivity index (χ4v) is 1.68. The molecule has 2 atom stereocenters. The fourth-order valence-electron chi connectivity index (χ4n) is 1.68. The zero-order chi connectivity index (χ0) is 14.6.